The summed E-state index contributed by atoms with van der Waals surface area (Å²) in [7, 11) is 0. The predicted octanol–water partition coefficient (Wildman–Crippen LogP) is 4.51. The highest BCUT2D eigenvalue weighted by Gasteiger charge is 2.06. The molecule has 2 rings (SSSR count). The first-order valence-corrected chi connectivity index (χ1v) is 7.13. The van der Waals surface area contributed by atoms with E-state index in [0.717, 1.165) is 11.1 Å². The number of carbonyl (C=O) groups is 1. The molecule has 0 unspecified atom stereocenters. The van der Waals surface area contributed by atoms with E-state index in [9.17, 15) is 4.79 Å². The van der Waals surface area contributed by atoms with Gasteiger partial charge in [0.1, 0.15) is 0 Å². The van der Waals surface area contributed by atoms with Crippen LogP contribution in [0.1, 0.15) is 11.1 Å². The highest BCUT2D eigenvalue weighted by molar-refractivity contribution is 6.42. The third kappa shape index (κ3) is 4.14. The van der Waals surface area contributed by atoms with Crippen LogP contribution in [0.15, 0.2) is 42.5 Å². The average Bonchev–Trinajstić information content (AvgIpc) is 2.42. The molecule has 0 aliphatic heterocycles. The van der Waals surface area contributed by atoms with Crippen LogP contribution in [0, 0.1) is 0 Å². The van der Waals surface area contributed by atoms with E-state index in [1.807, 2.05) is 18.2 Å². The van der Waals surface area contributed by atoms with E-state index in [1.165, 1.54) is 0 Å². The van der Waals surface area contributed by atoms with Gasteiger partial charge in [0.25, 0.3) is 0 Å². The Balaban J connectivity index is 1.93. The van der Waals surface area contributed by atoms with E-state index < -0.39 is 0 Å². The van der Waals surface area contributed by atoms with Gasteiger partial charge in [0.05, 0.1) is 16.5 Å². The molecule has 0 spiro atoms. The molecule has 1 amide bonds. The Kier molecular flexibility index (Phi) is 5.30. The fraction of sp³-hybridized carbons (Fsp3) is 0.133. The second kappa shape index (κ2) is 6.98. The van der Waals surface area contributed by atoms with E-state index in [1.54, 1.807) is 24.3 Å². The first kappa shape index (κ1) is 15.2. The van der Waals surface area contributed by atoms with Gasteiger partial charge >= 0.3 is 0 Å². The van der Waals surface area contributed by atoms with Gasteiger partial charge in [0, 0.05) is 11.6 Å². The van der Waals surface area contributed by atoms with Gasteiger partial charge in [-0.15, -0.1) is 0 Å². The van der Waals surface area contributed by atoms with Gasteiger partial charge in [-0.3, -0.25) is 4.79 Å². The molecular formula is C15H12Cl3NO. The van der Waals surface area contributed by atoms with Crippen LogP contribution < -0.4 is 5.32 Å². The molecule has 0 aromatic heterocycles. The molecule has 0 aliphatic rings. The molecule has 5 heteroatoms. The Labute approximate surface area is 132 Å². The van der Waals surface area contributed by atoms with Crippen molar-refractivity contribution >= 4 is 40.7 Å². The maximum atomic E-state index is 11.9. The fourth-order valence-electron chi connectivity index (χ4n) is 1.73. The second-order valence-corrected chi connectivity index (χ2v) is 5.51. The lowest BCUT2D eigenvalue weighted by molar-refractivity contribution is -0.120. The summed E-state index contributed by atoms with van der Waals surface area (Å²) < 4.78 is 0. The van der Waals surface area contributed by atoms with Crippen molar-refractivity contribution in [3.05, 3.63) is 68.7 Å². The van der Waals surface area contributed by atoms with E-state index in [4.69, 9.17) is 34.8 Å². The van der Waals surface area contributed by atoms with Gasteiger partial charge in [-0.2, -0.15) is 0 Å². The predicted molar refractivity (Wildman–Crippen MR) is 83.5 cm³/mol. The summed E-state index contributed by atoms with van der Waals surface area (Å²) in [4.78, 5) is 11.9. The minimum atomic E-state index is -0.0942. The van der Waals surface area contributed by atoms with Crippen LogP contribution in [0.25, 0.3) is 0 Å². The molecule has 0 saturated heterocycles. The number of hydrogen-bond donors (Lipinski definition) is 1. The summed E-state index contributed by atoms with van der Waals surface area (Å²) >= 11 is 17.8. The average molecular weight is 329 g/mol. The van der Waals surface area contributed by atoms with E-state index >= 15 is 0 Å². The maximum Gasteiger partial charge on any atom is 0.224 e. The highest BCUT2D eigenvalue weighted by Crippen LogP contribution is 2.22. The molecule has 104 valence electrons. The van der Waals surface area contributed by atoms with Crippen LogP contribution in [0.4, 0.5) is 0 Å². The summed E-state index contributed by atoms with van der Waals surface area (Å²) in [6.07, 6.45) is 0.251. The van der Waals surface area contributed by atoms with E-state index in [0.29, 0.717) is 21.6 Å². The van der Waals surface area contributed by atoms with Crippen LogP contribution in [-0.2, 0) is 17.8 Å². The first-order chi connectivity index (χ1) is 9.56. The van der Waals surface area contributed by atoms with Crippen molar-refractivity contribution in [3.8, 4) is 0 Å². The van der Waals surface area contributed by atoms with Crippen LogP contribution in [0.5, 0.6) is 0 Å². The van der Waals surface area contributed by atoms with Gasteiger partial charge < -0.3 is 5.32 Å². The molecule has 1 N–H and O–H groups in total. The van der Waals surface area contributed by atoms with Gasteiger partial charge in [-0.25, -0.2) is 0 Å². The number of hydrogen-bond acceptors (Lipinski definition) is 1. The quantitative estimate of drug-likeness (QED) is 0.879. The molecule has 0 saturated carbocycles. The second-order valence-electron chi connectivity index (χ2n) is 4.29. The molecule has 0 atom stereocenters. The normalized spacial score (nSPS) is 10.3. The number of carbonyl (C=O) groups excluding carboxylic acids is 1. The molecule has 0 heterocycles. The molecular weight excluding hydrogens is 317 g/mol. The Morgan fingerprint density at radius 1 is 0.950 bits per heavy atom. The van der Waals surface area contributed by atoms with Crippen LogP contribution in [0.2, 0.25) is 15.1 Å². The van der Waals surface area contributed by atoms with Crippen molar-refractivity contribution in [2.75, 3.05) is 0 Å². The summed E-state index contributed by atoms with van der Waals surface area (Å²) in [6.45, 7) is 0.403. The van der Waals surface area contributed by atoms with Crippen molar-refractivity contribution in [2.45, 2.75) is 13.0 Å². The third-order valence-corrected chi connectivity index (χ3v) is 3.89. The van der Waals surface area contributed by atoms with Gasteiger partial charge in [-0.05, 0) is 29.3 Å². The minimum Gasteiger partial charge on any atom is -0.352 e. The summed E-state index contributed by atoms with van der Waals surface area (Å²) in [5, 5.41) is 4.39. The largest absolute Gasteiger partial charge is 0.352 e. The fourth-order valence-corrected chi connectivity index (χ4v) is 2.26. The highest BCUT2D eigenvalue weighted by atomic mass is 35.5. The smallest absolute Gasteiger partial charge is 0.224 e. The lowest BCUT2D eigenvalue weighted by atomic mass is 10.1. The zero-order valence-corrected chi connectivity index (χ0v) is 12.8. The Hall–Kier alpha value is -1.22. The van der Waals surface area contributed by atoms with Crippen molar-refractivity contribution in [3.63, 3.8) is 0 Å². The third-order valence-electron chi connectivity index (χ3n) is 2.78. The molecule has 0 aliphatic carbocycles. The molecule has 2 aromatic carbocycles. The topological polar surface area (TPSA) is 29.1 Å². The van der Waals surface area contributed by atoms with Crippen molar-refractivity contribution in [1.82, 2.24) is 5.32 Å². The number of nitrogens with one attached hydrogen (secondary N) is 1. The molecule has 20 heavy (non-hydrogen) atoms. The van der Waals surface area contributed by atoms with Crippen molar-refractivity contribution in [1.29, 1.82) is 0 Å². The number of halogens is 3. The molecule has 0 radical (unpaired) electrons. The zero-order chi connectivity index (χ0) is 14.5. The maximum absolute atomic E-state index is 11.9. The molecule has 2 aromatic rings. The monoisotopic (exact) mass is 327 g/mol. The van der Waals surface area contributed by atoms with E-state index in [-0.39, 0.29) is 12.3 Å². The first-order valence-electron chi connectivity index (χ1n) is 6.00. The summed E-state index contributed by atoms with van der Waals surface area (Å²) in [6, 6.07) is 12.6. The van der Waals surface area contributed by atoms with Gasteiger partial charge in [0.2, 0.25) is 5.91 Å². The Bertz CT molecular complexity index is 628. The van der Waals surface area contributed by atoms with Crippen LogP contribution >= 0.6 is 34.8 Å². The lowest BCUT2D eigenvalue weighted by Crippen LogP contribution is -2.24. The number of rotatable bonds is 4. The standard InChI is InChI=1S/C15H12Cl3NO/c16-12-4-2-1-3-11(12)9-19-15(20)8-10-5-6-13(17)14(18)7-10/h1-7H,8-9H2,(H,19,20). The van der Waals surface area contributed by atoms with Gasteiger partial charge in [0.15, 0.2) is 0 Å². The SMILES string of the molecule is O=C(Cc1ccc(Cl)c(Cl)c1)NCc1ccccc1Cl. The van der Waals surface area contributed by atoms with Crippen molar-refractivity contribution in [2.24, 2.45) is 0 Å². The van der Waals surface area contributed by atoms with Crippen LogP contribution in [-0.4, -0.2) is 5.91 Å². The van der Waals surface area contributed by atoms with Gasteiger partial charge in [-0.1, -0.05) is 59.1 Å². The van der Waals surface area contributed by atoms with Crippen molar-refractivity contribution < 1.29 is 4.79 Å². The summed E-state index contributed by atoms with van der Waals surface area (Å²) in [5.41, 5.74) is 1.70. The van der Waals surface area contributed by atoms with E-state index in [2.05, 4.69) is 5.32 Å². The zero-order valence-electron chi connectivity index (χ0n) is 10.5. The molecule has 0 bridgehead atoms. The summed E-state index contributed by atoms with van der Waals surface area (Å²) in [5.74, 6) is -0.0942. The number of benzene rings is 2. The number of amides is 1. The lowest BCUT2D eigenvalue weighted by Gasteiger charge is -2.07. The molecule has 0 fully saturated rings. The molecule has 2 nitrogen and oxygen atoms in total. The minimum absolute atomic E-state index is 0.0942. The Morgan fingerprint density at radius 2 is 1.70 bits per heavy atom. The Morgan fingerprint density at radius 3 is 2.40 bits per heavy atom. The van der Waals surface area contributed by atoms with Crippen LogP contribution in [0.3, 0.4) is 0 Å².